The first-order valence-corrected chi connectivity index (χ1v) is 1.81. The van der Waals surface area contributed by atoms with Gasteiger partial charge >= 0.3 is 0 Å². The van der Waals surface area contributed by atoms with Gasteiger partial charge in [-0.2, -0.15) is 0 Å². The molecule has 1 aliphatic carbocycles. The van der Waals surface area contributed by atoms with Crippen LogP contribution in [-0.2, 0) is 0 Å². The molecule has 6 heavy (non-hydrogen) atoms. The van der Waals surface area contributed by atoms with Crippen LogP contribution in [-0.4, -0.2) is 11.8 Å². The van der Waals surface area contributed by atoms with Gasteiger partial charge in [-0.1, -0.05) is 0 Å². The summed E-state index contributed by atoms with van der Waals surface area (Å²) < 4.78 is 23.2. The van der Waals surface area contributed by atoms with Crippen LogP contribution in [0.15, 0.2) is 0 Å². The molecular weight excluding hydrogens is 86.0 g/mol. The third-order valence-electron chi connectivity index (χ3n) is 0.920. The van der Waals surface area contributed by atoms with E-state index in [0.29, 0.717) is 0 Å². The van der Waals surface area contributed by atoms with Crippen LogP contribution in [0.4, 0.5) is 8.78 Å². The highest BCUT2D eigenvalue weighted by molar-refractivity contribution is 5.07. The zero-order valence-corrected chi connectivity index (χ0v) is 3.25. The first-order valence-electron chi connectivity index (χ1n) is 1.81. The van der Waals surface area contributed by atoms with Crippen molar-refractivity contribution < 1.29 is 8.78 Å². The average molecular weight is 91.1 g/mol. The van der Waals surface area contributed by atoms with Crippen molar-refractivity contribution in [1.29, 1.82) is 0 Å². The Kier molecular flexibility index (Phi) is 0.500. The molecule has 0 heterocycles. The molecule has 0 aromatic carbocycles. The molecule has 1 fully saturated rings. The summed E-state index contributed by atoms with van der Waals surface area (Å²) in [7, 11) is 0. The molecule has 0 spiro atoms. The minimum atomic E-state index is -1.71. The van der Waals surface area contributed by atoms with Gasteiger partial charge in [0.05, 0.1) is 0 Å². The number of alkyl halides is 2. The summed E-state index contributed by atoms with van der Waals surface area (Å²) in [6.45, 7) is 2.92. The zero-order chi connectivity index (χ0) is 4.78. The van der Waals surface area contributed by atoms with Crippen molar-refractivity contribution in [2.45, 2.75) is 18.3 Å². The van der Waals surface area contributed by atoms with Crippen LogP contribution < -0.4 is 0 Å². The molecule has 35 valence electrons. The van der Waals surface area contributed by atoms with Crippen LogP contribution in [0.3, 0.4) is 0 Å². The number of rotatable bonds is 0. The maximum atomic E-state index is 11.7. The Hall–Kier alpha value is -0.140. The van der Waals surface area contributed by atoms with Crippen molar-refractivity contribution in [3.05, 3.63) is 6.92 Å². The molecule has 1 aliphatic rings. The summed E-state index contributed by atoms with van der Waals surface area (Å²) in [6.07, 6.45) is -1.29. The van der Waals surface area contributed by atoms with Gasteiger partial charge in [-0.05, 0) is 6.92 Å². The van der Waals surface area contributed by atoms with Crippen molar-refractivity contribution in [1.82, 2.24) is 0 Å². The lowest BCUT2D eigenvalue weighted by atomic mass is 10.5. The molecule has 2 unspecified atom stereocenters. The minimum Gasteiger partial charge on any atom is -0.244 e. The lowest BCUT2D eigenvalue weighted by Crippen LogP contribution is -1.93. The second-order valence-corrected chi connectivity index (χ2v) is 1.71. The van der Waals surface area contributed by atoms with Crippen molar-refractivity contribution in [3.63, 3.8) is 0 Å². The molecule has 1 saturated carbocycles. The molecular formula is C4H5F2. The molecule has 2 atom stereocenters. The largest absolute Gasteiger partial charge is 0.244 e. The van der Waals surface area contributed by atoms with Crippen molar-refractivity contribution in [3.8, 4) is 0 Å². The van der Waals surface area contributed by atoms with Gasteiger partial charge in [0.25, 0.3) is 0 Å². The van der Waals surface area contributed by atoms with E-state index in [2.05, 4.69) is 6.92 Å². The van der Waals surface area contributed by atoms with Gasteiger partial charge < -0.3 is 0 Å². The van der Waals surface area contributed by atoms with Gasteiger partial charge in [0, 0.05) is 6.42 Å². The molecule has 0 N–H and O–H groups in total. The molecule has 0 saturated heterocycles. The van der Waals surface area contributed by atoms with Crippen LogP contribution >= 0.6 is 0 Å². The fraction of sp³-hybridized carbons (Fsp3) is 0.750. The lowest BCUT2D eigenvalue weighted by molar-refractivity contribution is 0.300. The Morgan fingerprint density at radius 1 is 1.83 bits per heavy atom. The van der Waals surface area contributed by atoms with Gasteiger partial charge in [-0.3, -0.25) is 0 Å². The summed E-state index contributed by atoms with van der Waals surface area (Å²) in [4.78, 5) is 0. The highest BCUT2D eigenvalue weighted by atomic mass is 19.2. The standard InChI is InChI=1S/C4H5F2/c1-4(6)2-3(4)5/h3H,1-2H2. The highest BCUT2D eigenvalue weighted by Crippen LogP contribution is 2.41. The summed E-state index contributed by atoms with van der Waals surface area (Å²) in [5.41, 5.74) is -1.71. The van der Waals surface area contributed by atoms with Crippen LogP contribution in [0.2, 0.25) is 0 Å². The predicted octanol–water partition coefficient (Wildman–Crippen LogP) is 1.27. The molecule has 0 aromatic rings. The molecule has 0 amide bonds. The normalized spacial score (nSPS) is 55.5. The van der Waals surface area contributed by atoms with Crippen LogP contribution in [0.1, 0.15) is 6.42 Å². The number of hydrogen-bond donors (Lipinski definition) is 0. The van der Waals surface area contributed by atoms with E-state index in [4.69, 9.17) is 0 Å². The highest BCUT2D eigenvalue weighted by Gasteiger charge is 2.52. The molecule has 0 bridgehead atoms. The van der Waals surface area contributed by atoms with Crippen LogP contribution in [0, 0.1) is 6.92 Å². The van der Waals surface area contributed by atoms with Crippen molar-refractivity contribution in [2.24, 2.45) is 0 Å². The summed E-state index contributed by atoms with van der Waals surface area (Å²) >= 11 is 0. The Balaban J connectivity index is 2.41. The average Bonchev–Trinajstić information content (AvgIpc) is 1.73. The second kappa shape index (κ2) is 0.745. The third-order valence-corrected chi connectivity index (χ3v) is 0.920. The Morgan fingerprint density at radius 3 is 2.00 bits per heavy atom. The van der Waals surface area contributed by atoms with Gasteiger partial charge in [-0.15, -0.1) is 0 Å². The van der Waals surface area contributed by atoms with Crippen molar-refractivity contribution in [2.75, 3.05) is 0 Å². The fourth-order valence-corrected chi connectivity index (χ4v) is 0.239. The molecule has 1 rings (SSSR count). The van der Waals surface area contributed by atoms with E-state index in [9.17, 15) is 8.78 Å². The zero-order valence-electron chi connectivity index (χ0n) is 3.25. The SMILES string of the molecule is [CH2]C1(F)CC1F. The van der Waals surface area contributed by atoms with Gasteiger partial charge in [0.1, 0.15) is 11.8 Å². The Bertz CT molecular complexity index is 67.9. The van der Waals surface area contributed by atoms with E-state index in [0.717, 1.165) is 0 Å². The topological polar surface area (TPSA) is 0 Å². The molecule has 2 heteroatoms. The molecule has 0 aliphatic heterocycles. The Labute approximate surface area is 35.2 Å². The third kappa shape index (κ3) is 0.402. The van der Waals surface area contributed by atoms with Crippen LogP contribution in [0.25, 0.3) is 0 Å². The number of halogens is 2. The van der Waals surface area contributed by atoms with Crippen LogP contribution in [0.5, 0.6) is 0 Å². The van der Waals surface area contributed by atoms with E-state index in [1.54, 1.807) is 0 Å². The van der Waals surface area contributed by atoms with E-state index >= 15 is 0 Å². The van der Waals surface area contributed by atoms with E-state index in [1.165, 1.54) is 0 Å². The molecule has 1 radical (unpaired) electrons. The van der Waals surface area contributed by atoms with E-state index < -0.39 is 11.8 Å². The van der Waals surface area contributed by atoms with Gasteiger partial charge in [0.2, 0.25) is 0 Å². The van der Waals surface area contributed by atoms with Gasteiger partial charge in [-0.25, -0.2) is 8.78 Å². The van der Waals surface area contributed by atoms with Crippen molar-refractivity contribution >= 4 is 0 Å². The summed E-state index contributed by atoms with van der Waals surface area (Å²) in [5, 5.41) is 0. The molecule has 0 aromatic heterocycles. The first-order chi connectivity index (χ1) is 2.63. The Morgan fingerprint density at radius 2 is 2.00 bits per heavy atom. The minimum absolute atomic E-state index is 0.00694. The predicted molar refractivity (Wildman–Crippen MR) is 18.7 cm³/mol. The van der Waals surface area contributed by atoms with Gasteiger partial charge in [0.15, 0.2) is 0 Å². The smallest absolute Gasteiger partial charge is 0.145 e. The van der Waals surface area contributed by atoms with E-state index in [-0.39, 0.29) is 6.42 Å². The second-order valence-electron chi connectivity index (χ2n) is 1.71. The summed E-state index contributed by atoms with van der Waals surface area (Å²) in [5.74, 6) is 0. The monoisotopic (exact) mass is 91.0 g/mol. The fourth-order valence-electron chi connectivity index (χ4n) is 0.239. The van der Waals surface area contributed by atoms with E-state index in [1.807, 2.05) is 0 Å². The maximum Gasteiger partial charge on any atom is 0.145 e. The quantitative estimate of drug-likeness (QED) is 0.421. The number of hydrogen-bond acceptors (Lipinski definition) is 0. The lowest BCUT2D eigenvalue weighted by Gasteiger charge is -1.83. The summed E-state index contributed by atoms with van der Waals surface area (Å²) in [6, 6.07) is 0. The molecule has 0 nitrogen and oxygen atoms in total. The first kappa shape index (κ1) is 4.03. The maximum absolute atomic E-state index is 11.7.